The lowest BCUT2D eigenvalue weighted by molar-refractivity contribution is 0.556. The van der Waals surface area contributed by atoms with Crippen LogP contribution in [0.15, 0.2) is 23.1 Å². The summed E-state index contributed by atoms with van der Waals surface area (Å²) in [5.74, 6) is -0.371. The van der Waals surface area contributed by atoms with Gasteiger partial charge in [-0.25, -0.2) is 17.5 Å². The minimum absolute atomic E-state index is 0.0493. The van der Waals surface area contributed by atoms with Gasteiger partial charge in [0.25, 0.3) is 0 Å². The maximum absolute atomic E-state index is 13.2. The molecule has 3 rings (SSSR count). The lowest BCUT2D eigenvalue weighted by Gasteiger charge is -2.13. The summed E-state index contributed by atoms with van der Waals surface area (Å²) in [6.07, 6.45) is 1.88. The van der Waals surface area contributed by atoms with Crippen molar-refractivity contribution < 1.29 is 12.8 Å². The van der Waals surface area contributed by atoms with Crippen LogP contribution in [0.5, 0.6) is 0 Å². The second-order valence-electron chi connectivity index (χ2n) is 4.98. The number of aromatic nitrogens is 4. The molecule has 2 aromatic rings. The van der Waals surface area contributed by atoms with Crippen molar-refractivity contribution in [1.29, 1.82) is 0 Å². The first-order valence-corrected chi connectivity index (χ1v) is 8.30. The van der Waals surface area contributed by atoms with Gasteiger partial charge < -0.3 is 0 Å². The molecular formula is C12H12ClFN4O2S. The lowest BCUT2D eigenvalue weighted by Crippen LogP contribution is -2.16. The van der Waals surface area contributed by atoms with Gasteiger partial charge in [-0.2, -0.15) is 0 Å². The molecule has 1 aromatic carbocycles. The highest BCUT2D eigenvalue weighted by Crippen LogP contribution is 2.37. The predicted octanol–water partition coefficient (Wildman–Crippen LogP) is 2.34. The first kappa shape index (κ1) is 14.4. The van der Waals surface area contributed by atoms with E-state index in [0.717, 1.165) is 25.0 Å². The number of hydrogen-bond donors (Lipinski definition) is 0. The number of nitrogens with zero attached hydrogens (tertiary/aromatic N) is 4. The molecule has 1 aliphatic carbocycles. The molecule has 1 aliphatic rings. The summed E-state index contributed by atoms with van der Waals surface area (Å²) < 4.78 is 39.9. The number of hydrogen-bond acceptors (Lipinski definition) is 5. The van der Waals surface area contributed by atoms with Crippen molar-refractivity contribution in [2.45, 2.75) is 36.0 Å². The molecule has 0 spiro atoms. The molecule has 112 valence electrons. The Balaban J connectivity index is 2.00. The van der Waals surface area contributed by atoms with E-state index in [4.69, 9.17) is 11.6 Å². The van der Waals surface area contributed by atoms with Crippen LogP contribution in [0.1, 0.15) is 36.9 Å². The predicted molar refractivity (Wildman–Crippen MR) is 73.1 cm³/mol. The summed E-state index contributed by atoms with van der Waals surface area (Å²) in [4.78, 5) is -0.0493. The first-order valence-electron chi connectivity index (χ1n) is 6.38. The van der Waals surface area contributed by atoms with Crippen LogP contribution in [0.25, 0.3) is 0 Å². The van der Waals surface area contributed by atoms with Crippen molar-refractivity contribution in [3.05, 3.63) is 34.9 Å². The SMILES string of the molecule is CC(c1nnnn1C1CC1)S(=O)(=O)c1ccc(F)c(Cl)c1. The average molecular weight is 331 g/mol. The average Bonchev–Trinajstić information content (AvgIpc) is 3.18. The molecule has 1 heterocycles. The molecule has 1 fully saturated rings. The first-order chi connectivity index (χ1) is 9.91. The monoisotopic (exact) mass is 330 g/mol. The maximum Gasteiger partial charge on any atom is 0.188 e. The summed E-state index contributed by atoms with van der Waals surface area (Å²) in [5, 5.41) is 10.1. The Morgan fingerprint density at radius 1 is 1.43 bits per heavy atom. The van der Waals surface area contributed by atoms with Crippen molar-refractivity contribution in [3.8, 4) is 0 Å². The Morgan fingerprint density at radius 2 is 2.14 bits per heavy atom. The van der Waals surface area contributed by atoms with Gasteiger partial charge in [-0.3, -0.25) is 0 Å². The number of tetrazole rings is 1. The summed E-state index contributed by atoms with van der Waals surface area (Å²) in [5.41, 5.74) is 0. The largest absolute Gasteiger partial charge is 0.225 e. The molecule has 1 aromatic heterocycles. The van der Waals surface area contributed by atoms with Crippen LogP contribution in [0.3, 0.4) is 0 Å². The Labute approximate surface area is 125 Å². The molecule has 1 saturated carbocycles. The summed E-state index contributed by atoms with van der Waals surface area (Å²) >= 11 is 5.66. The highest BCUT2D eigenvalue weighted by molar-refractivity contribution is 7.91. The van der Waals surface area contributed by atoms with Gasteiger partial charge in [0.1, 0.15) is 11.1 Å². The minimum Gasteiger partial charge on any atom is -0.225 e. The van der Waals surface area contributed by atoms with Crippen molar-refractivity contribution in [3.63, 3.8) is 0 Å². The van der Waals surface area contributed by atoms with Gasteiger partial charge in [0.2, 0.25) is 0 Å². The standard InChI is InChI=1S/C12H12ClFN4O2S/c1-7(12-15-16-17-18(12)8-2-3-8)21(19,20)9-4-5-11(14)10(13)6-9/h4-8H,2-3H2,1H3. The van der Waals surface area contributed by atoms with Crippen LogP contribution in [0.4, 0.5) is 4.39 Å². The van der Waals surface area contributed by atoms with E-state index in [-0.39, 0.29) is 21.8 Å². The Bertz CT molecular complexity index is 788. The second kappa shape index (κ2) is 5.03. The molecule has 9 heteroatoms. The van der Waals surface area contributed by atoms with Gasteiger partial charge in [0.05, 0.1) is 16.0 Å². The van der Waals surface area contributed by atoms with Crippen molar-refractivity contribution in [2.75, 3.05) is 0 Å². The smallest absolute Gasteiger partial charge is 0.188 e. The van der Waals surface area contributed by atoms with E-state index in [1.807, 2.05) is 0 Å². The Morgan fingerprint density at radius 3 is 2.76 bits per heavy atom. The van der Waals surface area contributed by atoms with Crippen molar-refractivity contribution >= 4 is 21.4 Å². The van der Waals surface area contributed by atoms with Crippen LogP contribution in [0, 0.1) is 5.82 Å². The minimum atomic E-state index is -3.74. The fraction of sp³-hybridized carbons (Fsp3) is 0.417. The van der Waals surface area contributed by atoms with Gasteiger partial charge in [0.15, 0.2) is 15.7 Å². The number of rotatable bonds is 4. The van der Waals surface area contributed by atoms with Crippen LogP contribution in [-0.4, -0.2) is 28.6 Å². The summed E-state index contributed by atoms with van der Waals surface area (Å²) in [6, 6.07) is 3.50. The molecule has 21 heavy (non-hydrogen) atoms. The molecular weight excluding hydrogens is 319 g/mol. The lowest BCUT2D eigenvalue weighted by atomic mass is 10.3. The van der Waals surface area contributed by atoms with Gasteiger partial charge in [-0.15, -0.1) is 5.10 Å². The molecule has 1 atom stereocenters. The zero-order valence-corrected chi connectivity index (χ0v) is 12.6. The zero-order valence-electron chi connectivity index (χ0n) is 11.1. The second-order valence-corrected chi connectivity index (χ2v) is 7.65. The van der Waals surface area contributed by atoms with E-state index >= 15 is 0 Å². The normalized spacial score (nSPS) is 16.9. The van der Waals surface area contributed by atoms with E-state index in [0.29, 0.717) is 0 Å². The zero-order chi connectivity index (χ0) is 15.2. The van der Waals surface area contributed by atoms with Gasteiger partial charge in [0, 0.05) is 0 Å². The van der Waals surface area contributed by atoms with Crippen LogP contribution >= 0.6 is 11.6 Å². The molecule has 0 amide bonds. The molecule has 6 nitrogen and oxygen atoms in total. The van der Waals surface area contributed by atoms with Gasteiger partial charge >= 0.3 is 0 Å². The maximum atomic E-state index is 13.2. The molecule has 0 bridgehead atoms. The van der Waals surface area contributed by atoms with E-state index in [2.05, 4.69) is 15.5 Å². The molecule has 0 N–H and O–H groups in total. The van der Waals surface area contributed by atoms with Gasteiger partial charge in [-0.1, -0.05) is 11.6 Å². The van der Waals surface area contributed by atoms with Gasteiger partial charge in [-0.05, 0) is 48.4 Å². The van der Waals surface area contributed by atoms with Crippen LogP contribution in [0.2, 0.25) is 5.02 Å². The Hall–Kier alpha value is -1.54. The topological polar surface area (TPSA) is 77.7 Å². The molecule has 1 unspecified atom stereocenters. The Kier molecular flexibility index (Phi) is 3.45. The third kappa shape index (κ3) is 2.53. The van der Waals surface area contributed by atoms with E-state index < -0.39 is 20.9 Å². The summed E-state index contributed by atoms with van der Waals surface area (Å²) in [7, 11) is -3.74. The molecule has 0 radical (unpaired) electrons. The van der Waals surface area contributed by atoms with Crippen LogP contribution < -0.4 is 0 Å². The van der Waals surface area contributed by atoms with E-state index in [1.54, 1.807) is 4.68 Å². The highest BCUT2D eigenvalue weighted by atomic mass is 35.5. The van der Waals surface area contributed by atoms with E-state index in [9.17, 15) is 12.8 Å². The number of sulfone groups is 1. The number of benzene rings is 1. The van der Waals surface area contributed by atoms with E-state index in [1.165, 1.54) is 13.0 Å². The quantitative estimate of drug-likeness (QED) is 0.804. The molecule has 0 saturated heterocycles. The van der Waals surface area contributed by atoms with Crippen molar-refractivity contribution in [2.24, 2.45) is 0 Å². The highest BCUT2D eigenvalue weighted by Gasteiger charge is 2.35. The fourth-order valence-electron chi connectivity index (χ4n) is 2.04. The molecule has 0 aliphatic heterocycles. The fourth-order valence-corrected chi connectivity index (χ4v) is 3.67. The third-order valence-electron chi connectivity index (χ3n) is 3.46. The number of halogens is 2. The third-order valence-corrected chi connectivity index (χ3v) is 5.80. The van der Waals surface area contributed by atoms with Crippen molar-refractivity contribution in [1.82, 2.24) is 20.2 Å². The summed E-state index contributed by atoms with van der Waals surface area (Å²) in [6.45, 7) is 1.51. The van der Waals surface area contributed by atoms with Crippen LogP contribution in [-0.2, 0) is 9.84 Å².